The quantitative estimate of drug-likeness (QED) is 0.712. The molecule has 3 rings (SSSR count). The smallest absolute Gasteiger partial charge is 0.326 e. The molecule has 0 atom stereocenters. The zero-order chi connectivity index (χ0) is 18.5. The summed E-state index contributed by atoms with van der Waals surface area (Å²) in [6, 6.07) is 13.6. The molecule has 3 aromatic rings. The monoisotopic (exact) mass is 351 g/mol. The number of rotatable bonds is 5. The number of amides is 1. The minimum absolute atomic E-state index is 0.212. The van der Waals surface area contributed by atoms with E-state index in [9.17, 15) is 14.4 Å². The molecule has 0 bridgehead atoms. The molecule has 2 aromatic carbocycles. The molecule has 0 saturated carbocycles. The first-order valence-corrected chi connectivity index (χ1v) is 8.09. The fourth-order valence-corrected chi connectivity index (χ4v) is 2.49. The number of nitrogens with zero attached hydrogens (tertiary/aromatic N) is 2. The Balaban J connectivity index is 1.89. The lowest BCUT2D eigenvalue weighted by atomic mass is 10.2. The van der Waals surface area contributed by atoms with E-state index < -0.39 is 5.97 Å². The minimum Gasteiger partial charge on any atom is -0.465 e. The number of benzene rings is 2. The molecule has 7 heteroatoms. The molecule has 7 nitrogen and oxygen atoms in total. The first kappa shape index (κ1) is 17.3. The van der Waals surface area contributed by atoms with Gasteiger partial charge in [0.1, 0.15) is 6.54 Å². The van der Waals surface area contributed by atoms with Crippen molar-refractivity contribution in [1.82, 2.24) is 9.55 Å². The van der Waals surface area contributed by atoms with Crippen LogP contribution in [-0.2, 0) is 16.1 Å². The van der Waals surface area contributed by atoms with E-state index in [-0.39, 0.29) is 24.6 Å². The highest BCUT2D eigenvalue weighted by atomic mass is 16.5. The molecule has 1 heterocycles. The van der Waals surface area contributed by atoms with Crippen LogP contribution in [0.4, 0.5) is 5.69 Å². The Morgan fingerprint density at radius 2 is 1.92 bits per heavy atom. The summed E-state index contributed by atoms with van der Waals surface area (Å²) in [5.74, 6) is -0.787. The molecule has 0 aliphatic carbocycles. The highest BCUT2D eigenvalue weighted by Crippen LogP contribution is 2.15. The van der Waals surface area contributed by atoms with Crippen LogP contribution in [0.1, 0.15) is 17.3 Å². The lowest BCUT2D eigenvalue weighted by Crippen LogP contribution is -2.25. The van der Waals surface area contributed by atoms with Gasteiger partial charge in [0, 0.05) is 11.3 Å². The summed E-state index contributed by atoms with van der Waals surface area (Å²) in [5, 5.41) is 3.06. The van der Waals surface area contributed by atoms with Gasteiger partial charge in [0.2, 0.25) is 0 Å². The summed E-state index contributed by atoms with van der Waals surface area (Å²) in [4.78, 5) is 40.6. The van der Waals surface area contributed by atoms with Gasteiger partial charge in [-0.05, 0) is 37.3 Å². The van der Waals surface area contributed by atoms with E-state index in [1.165, 1.54) is 10.9 Å². The molecular formula is C19H17N3O4. The number of hydrogen-bond donors (Lipinski definition) is 1. The van der Waals surface area contributed by atoms with E-state index in [0.717, 1.165) is 0 Å². The molecule has 26 heavy (non-hydrogen) atoms. The van der Waals surface area contributed by atoms with Crippen molar-refractivity contribution in [2.45, 2.75) is 13.5 Å². The third kappa shape index (κ3) is 3.77. The van der Waals surface area contributed by atoms with E-state index in [1.807, 2.05) is 6.07 Å². The molecule has 0 fully saturated rings. The number of carbonyl (C=O) groups is 2. The van der Waals surface area contributed by atoms with Crippen molar-refractivity contribution >= 4 is 28.5 Å². The van der Waals surface area contributed by atoms with Crippen LogP contribution in [0.25, 0.3) is 10.9 Å². The van der Waals surface area contributed by atoms with Crippen LogP contribution in [-0.4, -0.2) is 28.0 Å². The van der Waals surface area contributed by atoms with Crippen molar-refractivity contribution in [2.75, 3.05) is 11.9 Å². The van der Waals surface area contributed by atoms with Gasteiger partial charge in [0.15, 0.2) is 0 Å². The Morgan fingerprint density at radius 3 is 2.65 bits per heavy atom. The highest BCUT2D eigenvalue weighted by Gasteiger charge is 2.11. The van der Waals surface area contributed by atoms with Gasteiger partial charge >= 0.3 is 5.97 Å². The first-order valence-electron chi connectivity index (χ1n) is 8.09. The maximum atomic E-state index is 12.6. The van der Waals surface area contributed by atoms with Crippen LogP contribution in [0.2, 0.25) is 0 Å². The van der Waals surface area contributed by atoms with Crippen molar-refractivity contribution < 1.29 is 14.3 Å². The maximum absolute atomic E-state index is 12.6. The van der Waals surface area contributed by atoms with Crippen molar-refractivity contribution in [3.05, 3.63) is 70.8 Å². The molecule has 0 unspecified atom stereocenters. The Kier molecular flexibility index (Phi) is 5.07. The highest BCUT2D eigenvalue weighted by molar-refractivity contribution is 6.05. The van der Waals surface area contributed by atoms with E-state index in [2.05, 4.69) is 10.3 Å². The van der Waals surface area contributed by atoms with Crippen molar-refractivity contribution in [3.8, 4) is 0 Å². The van der Waals surface area contributed by atoms with Gasteiger partial charge in [-0.15, -0.1) is 0 Å². The minimum atomic E-state index is -0.510. The largest absolute Gasteiger partial charge is 0.465 e. The topological polar surface area (TPSA) is 90.3 Å². The summed E-state index contributed by atoms with van der Waals surface area (Å²) < 4.78 is 6.04. The number of fused-ring (bicyclic) bond motifs is 1. The van der Waals surface area contributed by atoms with Gasteiger partial charge < -0.3 is 10.1 Å². The third-order valence-corrected chi connectivity index (χ3v) is 3.72. The standard InChI is InChI=1S/C19H17N3O4/c1-2-26-17(23)11-22-12-20-16-9-8-14(10-15(16)19(22)25)21-18(24)13-6-4-3-5-7-13/h3-10,12H,2,11H2,1H3,(H,21,24). The fourth-order valence-electron chi connectivity index (χ4n) is 2.49. The summed E-state index contributed by atoms with van der Waals surface area (Å²) >= 11 is 0. The predicted molar refractivity (Wildman–Crippen MR) is 97.0 cm³/mol. The van der Waals surface area contributed by atoms with Crippen molar-refractivity contribution in [2.24, 2.45) is 0 Å². The summed E-state index contributed by atoms with van der Waals surface area (Å²) in [6.45, 7) is 1.72. The van der Waals surface area contributed by atoms with Gasteiger partial charge in [-0.25, -0.2) is 4.98 Å². The Labute approximate surface area is 149 Å². The molecule has 1 aromatic heterocycles. The number of nitrogens with one attached hydrogen (secondary N) is 1. The molecule has 0 radical (unpaired) electrons. The number of aromatic nitrogens is 2. The van der Waals surface area contributed by atoms with E-state index in [1.54, 1.807) is 49.4 Å². The van der Waals surface area contributed by atoms with Crippen LogP contribution >= 0.6 is 0 Å². The van der Waals surface area contributed by atoms with Crippen molar-refractivity contribution in [3.63, 3.8) is 0 Å². The van der Waals surface area contributed by atoms with E-state index >= 15 is 0 Å². The summed E-state index contributed by atoms with van der Waals surface area (Å²) in [5.41, 5.74) is 1.09. The molecule has 1 N–H and O–H groups in total. The number of hydrogen-bond acceptors (Lipinski definition) is 5. The average molecular weight is 351 g/mol. The second-order valence-corrected chi connectivity index (χ2v) is 5.53. The normalized spacial score (nSPS) is 10.5. The average Bonchev–Trinajstić information content (AvgIpc) is 2.65. The number of ether oxygens (including phenoxy) is 1. The van der Waals surface area contributed by atoms with Gasteiger partial charge in [0.25, 0.3) is 11.5 Å². The van der Waals surface area contributed by atoms with Crippen LogP contribution in [0.15, 0.2) is 59.7 Å². The third-order valence-electron chi connectivity index (χ3n) is 3.72. The lowest BCUT2D eigenvalue weighted by molar-refractivity contribution is -0.143. The Morgan fingerprint density at radius 1 is 1.15 bits per heavy atom. The fraction of sp³-hybridized carbons (Fsp3) is 0.158. The van der Waals surface area contributed by atoms with Crippen molar-refractivity contribution in [1.29, 1.82) is 0 Å². The SMILES string of the molecule is CCOC(=O)Cn1cnc2ccc(NC(=O)c3ccccc3)cc2c1=O. The zero-order valence-electron chi connectivity index (χ0n) is 14.1. The molecule has 0 aliphatic heterocycles. The van der Waals surface area contributed by atoms with Gasteiger partial charge in [-0.3, -0.25) is 19.0 Å². The van der Waals surface area contributed by atoms with Crippen LogP contribution in [0, 0.1) is 0 Å². The van der Waals surface area contributed by atoms with E-state index in [0.29, 0.717) is 22.2 Å². The molecule has 0 saturated heterocycles. The second-order valence-electron chi connectivity index (χ2n) is 5.53. The lowest BCUT2D eigenvalue weighted by Gasteiger charge is -2.08. The number of esters is 1. The van der Waals surface area contributed by atoms with Gasteiger partial charge in [-0.2, -0.15) is 0 Å². The number of carbonyl (C=O) groups excluding carboxylic acids is 2. The summed E-state index contributed by atoms with van der Waals surface area (Å²) in [6.07, 6.45) is 1.31. The Hall–Kier alpha value is -3.48. The molecular weight excluding hydrogens is 334 g/mol. The zero-order valence-corrected chi connectivity index (χ0v) is 14.1. The van der Waals surface area contributed by atoms with Gasteiger partial charge in [-0.1, -0.05) is 18.2 Å². The van der Waals surface area contributed by atoms with E-state index in [4.69, 9.17) is 4.74 Å². The molecule has 1 amide bonds. The second kappa shape index (κ2) is 7.60. The molecule has 0 spiro atoms. The first-order chi connectivity index (χ1) is 12.6. The number of anilines is 1. The Bertz CT molecular complexity index is 1010. The summed E-state index contributed by atoms with van der Waals surface area (Å²) in [7, 11) is 0. The van der Waals surface area contributed by atoms with Gasteiger partial charge in [0.05, 0.1) is 23.8 Å². The van der Waals surface area contributed by atoms with Crippen LogP contribution in [0.3, 0.4) is 0 Å². The predicted octanol–water partition coefficient (Wildman–Crippen LogP) is 2.21. The van der Waals surface area contributed by atoms with Crippen LogP contribution < -0.4 is 10.9 Å². The van der Waals surface area contributed by atoms with Crippen LogP contribution in [0.5, 0.6) is 0 Å². The molecule has 132 valence electrons. The molecule has 0 aliphatic rings. The maximum Gasteiger partial charge on any atom is 0.326 e.